The lowest BCUT2D eigenvalue weighted by Crippen LogP contribution is -2.49. The molecule has 4 N–H and O–H groups in total. The first-order chi connectivity index (χ1) is 17.3. The maximum absolute atomic E-state index is 12.7. The summed E-state index contributed by atoms with van der Waals surface area (Å²) >= 11 is 0. The zero-order valence-corrected chi connectivity index (χ0v) is 20.9. The van der Waals surface area contributed by atoms with Crippen LogP contribution in [0.1, 0.15) is 19.7 Å². The Kier molecular flexibility index (Phi) is 7.84. The number of ether oxygens (including phenoxy) is 1. The molecule has 1 atom stereocenters. The number of benzene rings is 2. The molecule has 1 aliphatic rings. The molecule has 4 rings (SSSR count). The minimum Gasteiger partial charge on any atom is -0.497 e. The van der Waals surface area contributed by atoms with Gasteiger partial charge in [-0.2, -0.15) is 0 Å². The topological polar surface area (TPSA) is 126 Å². The Bertz CT molecular complexity index is 1230. The SMILES string of the molecule is COc1cccc(NC(=O)N2CCN(Cc3nc(N[C@H](C(N)=O)C(C)C)c4ccccc4n3)CC2)c1. The van der Waals surface area contributed by atoms with Crippen molar-refractivity contribution in [2.75, 3.05) is 43.9 Å². The molecular weight excluding hydrogens is 458 g/mol. The molecule has 1 aromatic heterocycles. The van der Waals surface area contributed by atoms with Crippen molar-refractivity contribution in [1.29, 1.82) is 0 Å². The van der Waals surface area contributed by atoms with Crippen LogP contribution in [0.2, 0.25) is 0 Å². The molecule has 0 radical (unpaired) electrons. The number of methoxy groups -OCH3 is 1. The number of urea groups is 1. The Balaban J connectivity index is 1.41. The van der Waals surface area contributed by atoms with E-state index in [4.69, 9.17) is 20.4 Å². The van der Waals surface area contributed by atoms with E-state index >= 15 is 0 Å². The molecule has 2 aromatic carbocycles. The zero-order chi connectivity index (χ0) is 25.7. The summed E-state index contributed by atoms with van der Waals surface area (Å²) in [4.78, 5) is 38.2. The van der Waals surface area contributed by atoms with E-state index in [1.165, 1.54) is 0 Å². The molecule has 0 unspecified atom stereocenters. The molecule has 1 aliphatic heterocycles. The van der Waals surface area contributed by atoms with Crippen molar-refractivity contribution >= 4 is 34.3 Å². The van der Waals surface area contributed by atoms with Crippen LogP contribution in [0, 0.1) is 5.92 Å². The van der Waals surface area contributed by atoms with Gasteiger partial charge in [0.2, 0.25) is 5.91 Å². The summed E-state index contributed by atoms with van der Waals surface area (Å²) in [5, 5.41) is 7.01. The van der Waals surface area contributed by atoms with E-state index in [9.17, 15) is 9.59 Å². The molecule has 0 aliphatic carbocycles. The average Bonchev–Trinajstić information content (AvgIpc) is 2.87. The number of nitrogens with one attached hydrogen (secondary N) is 2. The molecule has 3 aromatic rings. The fraction of sp³-hybridized carbons (Fsp3) is 0.385. The number of anilines is 2. The first-order valence-electron chi connectivity index (χ1n) is 12.1. The van der Waals surface area contributed by atoms with Gasteiger partial charge in [-0.3, -0.25) is 9.69 Å². The van der Waals surface area contributed by atoms with Gasteiger partial charge in [0.25, 0.3) is 0 Å². The number of nitrogens with zero attached hydrogens (tertiary/aromatic N) is 4. The fourth-order valence-electron chi connectivity index (χ4n) is 4.23. The van der Waals surface area contributed by atoms with Crippen LogP contribution in [0.15, 0.2) is 48.5 Å². The normalized spacial score (nSPS) is 15.1. The predicted molar refractivity (Wildman–Crippen MR) is 140 cm³/mol. The summed E-state index contributed by atoms with van der Waals surface area (Å²) < 4.78 is 5.22. The number of para-hydroxylation sites is 1. The number of primary amides is 1. The van der Waals surface area contributed by atoms with Crippen LogP contribution in [0.25, 0.3) is 10.9 Å². The van der Waals surface area contributed by atoms with Crippen LogP contribution in [-0.4, -0.2) is 71.0 Å². The lowest BCUT2D eigenvalue weighted by molar-refractivity contribution is -0.119. The molecule has 3 amide bonds. The molecular formula is C26H33N7O3. The maximum atomic E-state index is 12.7. The molecule has 36 heavy (non-hydrogen) atoms. The Hall–Kier alpha value is -3.92. The first kappa shape index (κ1) is 25.2. The average molecular weight is 492 g/mol. The van der Waals surface area contributed by atoms with Crippen molar-refractivity contribution in [2.45, 2.75) is 26.4 Å². The van der Waals surface area contributed by atoms with Crippen molar-refractivity contribution in [1.82, 2.24) is 19.8 Å². The number of aromatic nitrogens is 2. The number of amides is 3. The highest BCUT2D eigenvalue weighted by Gasteiger charge is 2.24. The minimum absolute atomic E-state index is 0.0101. The number of nitrogens with two attached hydrogens (primary N) is 1. The largest absolute Gasteiger partial charge is 0.497 e. The van der Waals surface area contributed by atoms with Crippen LogP contribution >= 0.6 is 0 Å². The van der Waals surface area contributed by atoms with Gasteiger partial charge in [0.15, 0.2) is 0 Å². The van der Waals surface area contributed by atoms with E-state index < -0.39 is 11.9 Å². The summed E-state index contributed by atoms with van der Waals surface area (Å²) in [5.74, 6) is 1.53. The summed E-state index contributed by atoms with van der Waals surface area (Å²) in [6, 6.07) is 14.3. The Labute approximate surface area is 210 Å². The first-order valence-corrected chi connectivity index (χ1v) is 12.1. The minimum atomic E-state index is -0.539. The van der Waals surface area contributed by atoms with E-state index in [0.29, 0.717) is 55.8 Å². The van der Waals surface area contributed by atoms with Crippen LogP contribution < -0.4 is 21.1 Å². The Morgan fingerprint density at radius 3 is 2.50 bits per heavy atom. The number of hydrogen-bond acceptors (Lipinski definition) is 7. The maximum Gasteiger partial charge on any atom is 0.321 e. The fourth-order valence-corrected chi connectivity index (χ4v) is 4.23. The van der Waals surface area contributed by atoms with Crippen molar-refractivity contribution in [2.24, 2.45) is 11.7 Å². The lowest BCUT2D eigenvalue weighted by Gasteiger charge is -2.34. The smallest absolute Gasteiger partial charge is 0.321 e. The van der Waals surface area contributed by atoms with Gasteiger partial charge in [-0.1, -0.05) is 32.0 Å². The third kappa shape index (κ3) is 6.01. The number of piperazine rings is 1. The molecule has 0 spiro atoms. The monoisotopic (exact) mass is 491 g/mol. The third-order valence-electron chi connectivity index (χ3n) is 6.26. The van der Waals surface area contributed by atoms with Crippen LogP contribution in [-0.2, 0) is 11.3 Å². The highest BCUT2D eigenvalue weighted by atomic mass is 16.5. The van der Waals surface area contributed by atoms with Gasteiger partial charge >= 0.3 is 6.03 Å². The van der Waals surface area contributed by atoms with E-state index in [-0.39, 0.29) is 11.9 Å². The lowest BCUT2D eigenvalue weighted by atomic mass is 10.0. The van der Waals surface area contributed by atoms with E-state index in [1.807, 2.05) is 56.3 Å². The van der Waals surface area contributed by atoms with Crippen molar-refractivity contribution < 1.29 is 14.3 Å². The highest BCUT2D eigenvalue weighted by molar-refractivity contribution is 5.92. The summed E-state index contributed by atoms with van der Waals surface area (Å²) in [7, 11) is 1.60. The second kappa shape index (κ2) is 11.2. The summed E-state index contributed by atoms with van der Waals surface area (Å²) in [6.07, 6.45) is 0. The van der Waals surface area contributed by atoms with Gasteiger partial charge in [0.05, 0.1) is 19.2 Å². The van der Waals surface area contributed by atoms with E-state index in [0.717, 1.165) is 10.9 Å². The molecule has 190 valence electrons. The van der Waals surface area contributed by atoms with E-state index in [1.54, 1.807) is 18.1 Å². The highest BCUT2D eigenvalue weighted by Crippen LogP contribution is 2.23. The van der Waals surface area contributed by atoms with Crippen LogP contribution in [0.3, 0.4) is 0 Å². The molecule has 2 heterocycles. The quantitative estimate of drug-likeness (QED) is 0.442. The van der Waals surface area contributed by atoms with Gasteiger partial charge in [-0.05, 0) is 30.2 Å². The molecule has 0 saturated carbocycles. The zero-order valence-electron chi connectivity index (χ0n) is 20.9. The van der Waals surface area contributed by atoms with E-state index in [2.05, 4.69) is 15.5 Å². The van der Waals surface area contributed by atoms with Gasteiger partial charge in [0.1, 0.15) is 23.4 Å². The van der Waals surface area contributed by atoms with Crippen LogP contribution in [0.4, 0.5) is 16.3 Å². The van der Waals surface area contributed by atoms with Gasteiger partial charge < -0.3 is 26.0 Å². The van der Waals surface area contributed by atoms with Gasteiger partial charge in [0, 0.05) is 43.3 Å². The Morgan fingerprint density at radius 1 is 1.06 bits per heavy atom. The second-order valence-corrected chi connectivity index (χ2v) is 9.20. The van der Waals surface area contributed by atoms with Crippen molar-refractivity contribution in [3.8, 4) is 5.75 Å². The number of carbonyl (C=O) groups excluding carboxylic acids is 2. The van der Waals surface area contributed by atoms with Crippen molar-refractivity contribution in [3.63, 3.8) is 0 Å². The third-order valence-corrected chi connectivity index (χ3v) is 6.26. The van der Waals surface area contributed by atoms with Crippen LogP contribution in [0.5, 0.6) is 5.75 Å². The Morgan fingerprint density at radius 2 is 1.81 bits per heavy atom. The molecule has 1 fully saturated rings. The number of hydrogen-bond donors (Lipinski definition) is 3. The number of carbonyl (C=O) groups is 2. The van der Waals surface area contributed by atoms with Gasteiger partial charge in [-0.15, -0.1) is 0 Å². The number of rotatable bonds is 8. The second-order valence-electron chi connectivity index (χ2n) is 9.20. The van der Waals surface area contributed by atoms with Crippen molar-refractivity contribution in [3.05, 3.63) is 54.4 Å². The molecule has 0 bridgehead atoms. The summed E-state index contributed by atoms with van der Waals surface area (Å²) in [5.41, 5.74) is 7.12. The standard InChI is InChI=1S/C26H33N7O3/c1-17(2)23(24(27)34)31-25-20-9-4-5-10-21(20)29-22(30-25)16-32-11-13-33(14-12-32)26(35)28-18-7-6-8-19(15-18)36-3/h4-10,15,17,23H,11-14,16H2,1-3H3,(H2,27,34)(H,28,35)(H,29,30,31)/t23-/m0/s1. The molecule has 10 heteroatoms. The molecule has 1 saturated heterocycles. The van der Waals surface area contributed by atoms with Gasteiger partial charge in [-0.25, -0.2) is 14.8 Å². The number of fused-ring (bicyclic) bond motifs is 1. The molecule has 10 nitrogen and oxygen atoms in total. The summed E-state index contributed by atoms with van der Waals surface area (Å²) in [6.45, 7) is 6.99. The predicted octanol–water partition coefficient (Wildman–Crippen LogP) is 2.91.